The standard InChI is InChI=1S/C17H16Cl2N4O4/c1-17(25,10-3-5-11(18)6-4-10)7-12-21-13(27-22-12)8-23-9-20-15(26-2)14(19)16(23)24/h3-6,9,25H,7-8H2,1-2H3/t17-/m1/s1. The lowest BCUT2D eigenvalue weighted by Crippen LogP contribution is -2.25. The first-order valence-electron chi connectivity index (χ1n) is 7.89. The molecule has 0 spiro atoms. The zero-order valence-corrected chi connectivity index (χ0v) is 16.0. The minimum Gasteiger partial charge on any atom is -0.480 e. The molecule has 0 bridgehead atoms. The van der Waals surface area contributed by atoms with Gasteiger partial charge in [0.25, 0.3) is 5.56 Å². The highest BCUT2D eigenvalue weighted by Gasteiger charge is 2.26. The SMILES string of the molecule is COc1ncn(Cc2nc(C[C@@](C)(O)c3ccc(Cl)cc3)no2)c(=O)c1Cl. The minimum absolute atomic E-state index is 0.00830. The van der Waals surface area contributed by atoms with Gasteiger partial charge in [0.05, 0.1) is 12.7 Å². The van der Waals surface area contributed by atoms with Gasteiger partial charge in [-0.25, -0.2) is 4.98 Å². The molecular weight excluding hydrogens is 395 g/mol. The van der Waals surface area contributed by atoms with Crippen molar-refractivity contribution >= 4 is 23.2 Å². The third-order valence-corrected chi connectivity index (χ3v) is 4.50. The van der Waals surface area contributed by atoms with Crippen molar-refractivity contribution in [2.24, 2.45) is 0 Å². The maximum atomic E-state index is 12.2. The summed E-state index contributed by atoms with van der Waals surface area (Å²) in [7, 11) is 1.37. The lowest BCUT2D eigenvalue weighted by molar-refractivity contribution is 0.0548. The van der Waals surface area contributed by atoms with Gasteiger partial charge in [0.1, 0.15) is 12.9 Å². The van der Waals surface area contributed by atoms with E-state index in [9.17, 15) is 9.90 Å². The van der Waals surface area contributed by atoms with Crippen molar-refractivity contribution in [2.45, 2.75) is 25.5 Å². The Kier molecular flexibility index (Phi) is 5.50. The number of hydrogen-bond acceptors (Lipinski definition) is 7. The van der Waals surface area contributed by atoms with Crippen LogP contribution in [0.2, 0.25) is 10.0 Å². The molecular formula is C17H16Cl2N4O4. The van der Waals surface area contributed by atoms with Gasteiger partial charge < -0.3 is 14.4 Å². The van der Waals surface area contributed by atoms with E-state index in [0.717, 1.165) is 0 Å². The van der Waals surface area contributed by atoms with E-state index in [1.165, 1.54) is 18.0 Å². The summed E-state index contributed by atoms with van der Waals surface area (Å²) in [5, 5.41) is 15.0. The summed E-state index contributed by atoms with van der Waals surface area (Å²) in [6.07, 6.45) is 1.40. The maximum absolute atomic E-state index is 12.2. The topological polar surface area (TPSA) is 103 Å². The number of benzene rings is 1. The van der Waals surface area contributed by atoms with Crippen molar-refractivity contribution in [3.05, 3.63) is 68.3 Å². The van der Waals surface area contributed by atoms with E-state index in [2.05, 4.69) is 15.1 Å². The van der Waals surface area contributed by atoms with Crippen molar-refractivity contribution < 1.29 is 14.4 Å². The van der Waals surface area contributed by atoms with Crippen LogP contribution in [-0.4, -0.2) is 31.9 Å². The van der Waals surface area contributed by atoms with Crippen LogP contribution in [0.15, 0.2) is 39.9 Å². The van der Waals surface area contributed by atoms with Crippen LogP contribution < -0.4 is 10.3 Å². The molecule has 0 aliphatic rings. The number of rotatable bonds is 6. The van der Waals surface area contributed by atoms with Crippen LogP contribution in [0.3, 0.4) is 0 Å². The van der Waals surface area contributed by atoms with E-state index in [1.807, 2.05) is 0 Å². The molecule has 3 rings (SSSR count). The molecule has 2 heterocycles. The van der Waals surface area contributed by atoms with Crippen LogP contribution in [0, 0.1) is 0 Å². The molecule has 0 saturated heterocycles. The lowest BCUT2D eigenvalue weighted by Gasteiger charge is -2.22. The Bertz CT molecular complexity index is 999. The van der Waals surface area contributed by atoms with Gasteiger partial charge in [0.2, 0.25) is 11.8 Å². The van der Waals surface area contributed by atoms with Crippen molar-refractivity contribution in [3.8, 4) is 5.88 Å². The normalized spacial score (nSPS) is 13.4. The van der Waals surface area contributed by atoms with E-state index in [1.54, 1.807) is 31.2 Å². The number of hydrogen-bond donors (Lipinski definition) is 1. The molecule has 1 atom stereocenters. The molecule has 0 aliphatic heterocycles. The van der Waals surface area contributed by atoms with Crippen molar-refractivity contribution in [1.29, 1.82) is 0 Å². The van der Waals surface area contributed by atoms with Gasteiger partial charge in [-0.15, -0.1) is 0 Å². The molecule has 0 saturated carbocycles. The average molecular weight is 411 g/mol. The van der Waals surface area contributed by atoms with Crippen LogP contribution >= 0.6 is 23.2 Å². The van der Waals surface area contributed by atoms with Crippen LogP contribution in [-0.2, 0) is 18.6 Å². The fourth-order valence-electron chi connectivity index (χ4n) is 2.49. The third kappa shape index (κ3) is 4.29. The smallest absolute Gasteiger partial charge is 0.276 e. The number of ether oxygens (including phenoxy) is 1. The second-order valence-electron chi connectivity index (χ2n) is 6.06. The molecule has 1 N–H and O–H groups in total. The molecule has 0 amide bonds. The number of aromatic nitrogens is 4. The van der Waals surface area contributed by atoms with E-state index in [4.69, 9.17) is 32.5 Å². The van der Waals surface area contributed by atoms with Gasteiger partial charge in [-0.2, -0.15) is 4.98 Å². The number of methoxy groups -OCH3 is 1. The first-order valence-corrected chi connectivity index (χ1v) is 8.64. The first kappa shape index (κ1) is 19.3. The molecule has 0 fully saturated rings. The molecule has 1 aromatic carbocycles. The Morgan fingerprint density at radius 1 is 1.30 bits per heavy atom. The average Bonchev–Trinajstić information content (AvgIpc) is 3.06. The van der Waals surface area contributed by atoms with Gasteiger partial charge >= 0.3 is 0 Å². The van der Waals surface area contributed by atoms with E-state index < -0.39 is 11.2 Å². The lowest BCUT2D eigenvalue weighted by atomic mass is 9.92. The summed E-state index contributed by atoms with van der Waals surface area (Å²) in [6.45, 7) is 1.63. The van der Waals surface area contributed by atoms with E-state index in [0.29, 0.717) is 16.4 Å². The predicted octanol–water partition coefficient (Wildman–Crippen LogP) is 2.44. The van der Waals surface area contributed by atoms with Crippen molar-refractivity contribution in [2.75, 3.05) is 7.11 Å². The van der Waals surface area contributed by atoms with Gasteiger partial charge in [-0.05, 0) is 24.6 Å². The molecule has 0 unspecified atom stereocenters. The number of aliphatic hydroxyl groups is 1. The predicted molar refractivity (Wildman–Crippen MR) is 98.2 cm³/mol. The highest BCUT2D eigenvalue weighted by molar-refractivity contribution is 6.31. The molecule has 27 heavy (non-hydrogen) atoms. The van der Waals surface area contributed by atoms with Crippen molar-refractivity contribution in [3.63, 3.8) is 0 Å². The largest absolute Gasteiger partial charge is 0.480 e. The Hall–Kier alpha value is -2.42. The van der Waals surface area contributed by atoms with Gasteiger partial charge in [0.15, 0.2) is 10.8 Å². The molecule has 10 heteroatoms. The summed E-state index contributed by atoms with van der Waals surface area (Å²) in [5.74, 6) is 0.524. The zero-order valence-electron chi connectivity index (χ0n) is 14.5. The third-order valence-electron chi connectivity index (χ3n) is 3.93. The Balaban J connectivity index is 1.76. The summed E-state index contributed by atoms with van der Waals surface area (Å²) in [4.78, 5) is 20.3. The zero-order chi connectivity index (χ0) is 19.6. The quantitative estimate of drug-likeness (QED) is 0.665. The number of nitrogens with zero attached hydrogens (tertiary/aromatic N) is 4. The van der Waals surface area contributed by atoms with Crippen LogP contribution in [0.1, 0.15) is 24.2 Å². The van der Waals surface area contributed by atoms with Gasteiger partial charge in [-0.3, -0.25) is 9.36 Å². The second-order valence-corrected chi connectivity index (χ2v) is 6.88. The molecule has 2 aromatic heterocycles. The van der Waals surface area contributed by atoms with E-state index in [-0.39, 0.29) is 29.8 Å². The number of halogens is 2. The summed E-state index contributed by atoms with van der Waals surface area (Å²) in [5.41, 5.74) is -1.04. The maximum Gasteiger partial charge on any atom is 0.276 e. The molecule has 0 aliphatic carbocycles. The molecule has 142 valence electrons. The van der Waals surface area contributed by atoms with Crippen molar-refractivity contribution in [1.82, 2.24) is 19.7 Å². The Morgan fingerprint density at radius 3 is 2.67 bits per heavy atom. The first-order chi connectivity index (χ1) is 12.8. The monoisotopic (exact) mass is 410 g/mol. The fraction of sp³-hybridized carbons (Fsp3) is 0.294. The van der Waals surface area contributed by atoms with Crippen LogP contribution in [0.4, 0.5) is 0 Å². The van der Waals surface area contributed by atoms with E-state index >= 15 is 0 Å². The summed E-state index contributed by atoms with van der Waals surface area (Å²) in [6, 6.07) is 6.85. The fourth-order valence-corrected chi connectivity index (χ4v) is 2.86. The molecule has 8 nitrogen and oxygen atoms in total. The van der Waals surface area contributed by atoms with Crippen LogP contribution in [0.25, 0.3) is 0 Å². The highest BCUT2D eigenvalue weighted by atomic mass is 35.5. The van der Waals surface area contributed by atoms with Gasteiger partial charge in [-0.1, -0.05) is 40.5 Å². The summed E-state index contributed by atoms with van der Waals surface area (Å²) >= 11 is 11.8. The Labute approximate surface area is 164 Å². The molecule has 0 radical (unpaired) electrons. The highest BCUT2D eigenvalue weighted by Crippen LogP contribution is 2.25. The molecule has 3 aromatic rings. The Morgan fingerprint density at radius 2 is 2.00 bits per heavy atom. The van der Waals surface area contributed by atoms with Crippen LogP contribution in [0.5, 0.6) is 5.88 Å². The minimum atomic E-state index is -1.21. The second kappa shape index (κ2) is 7.67. The van der Waals surface area contributed by atoms with Gasteiger partial charge in [0, 0.05) is 11.4 Å². The summed E-state index contributed by atoms with van der Waals surface area (Å²) < 4.78 is 11.3.